The van der Waals surface area contributed by atoms with Crippen molar-refractivity contribution in [3.05, 3.63) is 65.2 Å². The molecule has 2 heteroatoms. The van der Waals surface area contributed by atoms with E-state index in [1.807, 2.05) is 0 Å². The number of hydrogen-bond donors (Lipinski definition) is 2. The molecular formula is C19H24N2. The van der Waals surface area contributed by atoms with Gasteiger partial charge in [-0.15, -0.1) is 0 Å². The zero-order valence-corrected chi connectivity index (χ0v) is 12.9. The van der Waals surface area contributed by atoms with Gasteiger partial charge in [0.25, 0.3) is 0 Å². The van der Waals surface area contributed by atoms with Crippen LogP contribution >= 0.6 is 0 Å². The quantitative estimate of drug-likeness (QED) is 0.884. The Hall–Kier alpha value is -1.80. The molecule has 3 rings (SSSR count). The predicted molar refractivity (Wildman–Crippen MR) is 89.9 cm³/mol. The fourth-order valence-corrected chi connectivity index (χ4v) is 3.10. The number of benzene rings is 2. The highest BCUT2D eigenvalue weighted by Gasteiger charge is 2.15. The van der Waals surface area contributed by atoms with Crippen molar-refractivity contribution in [2.45, 2.75) is 32.2 Å². The molecule has 1 heterocycles. The van der Waals surface area contributed by atoms with E-state index in [4.69, 9.17) is 0 Å². The average Bonchev–Trinajstić information content (AvgIpc) is 2.70. The first kappa shape index (κ1) is 14.2. The minimum atomic E-state index is 0.323. The standard InChI is InChI=1S/C19H24N2/c1-14-13-20-11-10-17-8-9-18(12-19(14)17)21-15(2)16-6-4-3-5-7-16/h3-9,12,14-15,20-21H,10-11,13H2,1-2H3/t14-,15+/m1/s1. The molecule has 2 aromatic rings. The largest absolute Gasteiger partial charge is 0.379 e. The molecule has 1 aliphatic rings. The molecule has 0 amide bonds. The maximum Gasteiger partial charge on any atom is 0.0485 e. The van der Waals surface area contributed by atoms with Gasteiger partial charge in [0.15, 0.2) is 0 Å². The molecule has 0 saturated heterocycles. The SMILES string of the molecule is C[C@@H]1CNCCc2ccc(N[C@@H](C)c3ccccc3)cc21. The first-order valence-electron chi connectivity index (χ1n) is 7.89. The Kier molecular flexibility index (Phi) is 4.26. The molecule has 0 aliphatic carbocycles. The fourth-order valence-electron chi connectivity index (χ4n) is 3.10. The molecule has 0 unspecified atom stereocenters. The summed E-state index contributed by atoms with van der Waals surface area (Å²) in [5.41, 5.74) is 5.52. The molecule has 0 fully saturated rings. The van der Waals surface area contributed by atoms with Crippen molar-refractivity contribution >= 4 is 5.69 Å². The van der Waals surface area contributed by atoms with Crippen LogP contribution < -0.4 is 10.6 Å². The Bertz CT molecular complexity index is 592. The first-order chi connectivity index (χ1) is 10.2. The van der Waals surface area contributed by atoms with Gasteiger partial charge in [0.05, 0.1) is 0 Å². The normalized spacial score (nSPS) is 19.4. The maximum absolute atomic E-state index is 3.63. The van der Waals surface area contributed by atoms with Crippen LogP contribution in [0.25, 0.3) is 0 Å². The third kappa shape index (κ3) is 3.27. The highest BCUT2D eigenvalue weighted by molar-refractivity contribution is 5.51. The van der Waals surface area contributed by atoms with Crippen molar-refractivity contribution in [1.29, 1.82) is 0 Å². The van der Waals surface area contributed by atoms with E-state index in [2.05, 4.69) is 73.0 Å². The number of anilines is 1. The van der Waals surface area contributed by atoms with Crippen molar-refractivity contribution in [2.24, 2.45) is 0 Å². The Morgan fingerprint density at radius 3 is 2.76 bits per heavy atom. The summed E-state index contributed by atoms with van der Waals surface area (Å²) in [7, 11) is 0. The van der Waals surface area contributed by atoms with Crippen LogP contribution in [0, 0.1) is 0 Å². The Labute approximate surface area is 127 Å². The highest BCUT2D eigenvalue weighted by atomic mass is 14.9. The minimum Gasteiger partial charge on any atom is -0.379 e. The van der Waals surface area contributed by atoms with Gasteiger partial charge >= 0.3 is 0 Å². The lowest BCUT2D eigenvalue weighted by Crippen LogP contribution is -2.18. The monoisotopic (exact) mass is 280 g/mol. The lowest BCUT2D eigenvalue weighted by Gasteiger charge is -2.19. The second-order valence-electron chi connectivity index (χ2n) is 6.05. The van der Waals surface area contributed by atoms with Gasteiger partial charge in [0, 0.05) is 18.3 Å². The zero-order chi connectivity index (χ0) is 14.7. The number of rotatable bonds is 3. The van der Waals surface area contributed by atoms with Crippen LogP contribution in [0.5, 0.6) is 0 Å². The van der Waals surface area contributed by atoms with E-state index in [9.17, 15) is 0 Å². The van der Waals surface area contributed by atoms with Crippen LogP contribution in [0.4, 0.5) is 5.69 Å². The van der Waals surface area contributed by atoms with Crippen LogP contribution in [0.2, 0.25) is 0 Å². The van der Waals surface area contributed by atoms with Gasteiger partial charge in [-0.25, -0.2) is 0 Å². The van der Waals surface area contributed by atoms with E-state index >= 15 is 0 Å². The molecule has 2 nitrogen and oxygen atoms in total. The van der Waals surface area contributed by atoms with E-state index in [1.165, 1.54) is 22.4 Å². The Morgan fingerprint density at radius 2 is 1.95 bits per heavy atom. The summed E-state index contributed by atoms with van der Waals surface area (Å²) in [4.78, 5) is 0. The second kappa shape index (κ2) is 6.31. The number of hydrogen-bond acceptors (Lipinski definition) is 2. The molecule has 21 heavy (non-hydrogen) atoms. The minimum absolute atomic E-state index is 0.323. The van der Waals surface area contributed by atoms with Crippen LogP contribution in [-0.4, -0.2) is 13.1 Å². The summed E-state index contributed by atoms with van der Waals surface area (Å²) in [6, 6.07) is 17.8. The van der Waals surface area contributed by atoms with Crippen LogP contribution in [0.1, 0.15) is 42.5 Å². The number of nitrogens with one attached hydrogen (secondary N) is 2. The summed E-state index contributed by atoms with van der Waals surface area (Å²) in [5.74, 6) is 0.580. The molecule has 2 atom stereocenters. The van der Waals surface area contributed by atoms with Crippen molar-refractivity contribution in [2.75, 3.05) is 18.4 Å². The third-order valence-corrected chi connectivity index (χ3v) is 4.38. The Balaban J connectivity index is 1.80. The topological polar surface area (TPSA) is 24.1 Å². The molecule has 2 aromatic carbocycles. The second-order valence-corrected chi connectivity index (χ2v) is 6.05. The first-order valence-corrected chi connectivity index (χ1v) is 7.89. The van der Waals surface area contributed by atoms with Gasteiger partial charge < -0.3 is 10.6 Å². The molecular weight excluding hydrogens is 256 g/mol. The maximum atomic E-state index is 3.63. The zero-order valence-electron chi connectivity index (χ0n) is 12.9. The van der Waals surface area contributed by atoms with E-state index in [0.717, 1.165) is 19.5 Å². The van der Waals surface area contributed by atoms with E-state index in [1.54, 1.807) is 0 Å². The summed E-state index contributed by atoms with van der Waals surface area (Å²) < 4.78 is 0. The Morgan fingerprint density at radius 1 is 1.14 bits per heavy atom. The molecule has 0 saturated carbocycles. The van der Waals surface area contributed by atoms with Crippen LogP contribution in [0.3, 0.4) is 0 Å². The van der Waals surface area contributed by atoms with Crippen molar-refractivity contribution in [3.63, 3.8) is 0 Å². The third-order valence-electron chi connectivity index (χ3n) is 4.38. The van der Waals surface area contributed by atoms with Crippen molar-refractivity contribution in [1.82, 2.24) is 5.32 Å². The molecule has 0 spiro atoms. The van der Waals surface area contributed by atoms with Gasteiger partial charge in [0.1, 0.15) is 0 Å². The summed E-state index contributed by atoms with van der Waals surface area (Å²) in [5, 5.41) is 7.14. The van der Waals surface area contributed by atoms with E-state index < -0.39 is 0 Å². The van der Waals surface area contributed by atoms with Crippen molar-refractivity contribution < 1.29 is 0 Å². The molecule has 0 aromatic heterocycles. The lowest BCUT2D eigenvalue weighted by atomic mass is 9.94. The average molecular weight is 280 g/mol. The van der Waals surface area contributed by atoms with Gasteiger partial charge in [-0.1, -0.05) is 43.3 Å². The van der Waals surface area contributed by atoms with Crippen molar-refractivity contribution in [3.8, 4) is 0 Å². The van der Waals surface area contributed by atoms with Gasteiger partial charge in [-0.05, 0) is 54.6 Å². The molecule has 2 N–H and O–H groups in total. The summed E-state index contributed by atoms with van der Waals surface area (Å²) in [6.07, 6.45) is 1.13. The van der Waals surface area contributed by atoms with Gasteiger partial charge in [-0.2, -0.15) is 0 Å². The van der Waals surface area contributed by atoms with Gasteiger partial charge in [-0.3, -0.25) is 0 Å². The highest BCUT2D eigenvalue weighted by Crippen LogP contribution is 2.27. The van der Waals surface area contributed by atoms with Crippen LogP contribution in [0.15, 0.2) is 48.5 Å². The van der Waals surface area contributed by atoms with E-state index in [0.29, 0.717) is 12.0 Å². The fraction of sp³-hybridized carbons (Fsp3) is 0.368. The summed E-state index contributed by atoms with van der Waals surface area (Å²) >= 11 is 0. The van der Waals surface area contributed by atoms with Crippen LogP contribution in [-0.2, 0) is 6.42 Å². The molecule has 1 aliphatic heterocycles. The lowest BCUT2D eigenvalue weighted by molar-refractivity contribution is 0.644. The summed E-state index contributed by atoms with van der Waals surface area (Å²) in [6.45, 7) is 6.68. The molecule has 110 valence electrons. The smallest absolute Gasteiger partial charge is 0.0485 e. The molecule has 0 radical (unpaired) electrons. The van der Waals surface area contributed by atoms with Gasteiger partial charge in [0.2, 0.25) is 0 Å². The predicted octanol–water partition coefficient (Wildman–Crippen LogP) is 4.11. The van der Waals surface area contributed by atoms with E-state index in [-0.39, 0.29) is 0 Å². The molecule has 0 bridgehead atoms. The number of fused-ring (bicyclic) bond motifs is 1.